The van der Waals surface area contributed by atoms with Crippen molar-refractivity contribution in [3.8, 4) is 0 Å². The molecule has 0 aliphatic heterocycles. The maximum absolute atomic E-state index is 12.5. The minimum absolute atomic E-state index is 0.0627. The number of hydrogen-bond donors (Lipinski definition) is 1. The topological polar surface area (TPSA) is 67.3 Å². The van der Waals surface area contributed by atoms with Gasteiger partial charge in [-0.3, -0.25) is 9.78 Å². The number of carboxylic acid groups (broad SMARTS) is 1. The number of aromatic nitrogens is 1. The van der Waals surface area contributed by atoms with E-state index in [1.54, 1.807) is 5.56 Å². The first kappa shape index (κ1) is 16.0. The monoisotopic (exact) mass is 335 g/mol. The van der Waals surface area contributed by atoms with Gasteiger partial charge in [-0.1, -0.05) is 12.1 Å². The molecule has 1 aromatic heterocycles. The van der Waals surface area contributed by atoms with Gasteiger partial charge in [-0.2, -0.15) is 0 Å². The lowest BCUT2D eigenvalue weighted by Gasteiger charge is -2.32. The molecule has 1 aromatic carbocycles. The highest BCUT2D eigenvalue weighted by molar-refractivity contribution is 5.96. The molecule has 4 nitrogen and oxygen atoms in total. The maximum Gasteiger partial charge on any atom is 0.337 e. The summed E-state index contributed by atoms with van der Waals surface area (Å²) >= 11 is 0. The van der Waals surface area contributed by atoms with Gasteiger partial charge in [-0.25, -0.2) is 4.79 Å². The van der Waals surface area contributed by atoms with Crippen LogP contribution in [0.5, 0.6) is 0 Å². The predicted molar refractivity (Wildman–Crippen MR) is 94.3 cm³/mol. The Labute approximate surface area is 146 Å². The number of hydrogen-bond acceptors (Lipinski definition) is 3. The Morgan fingerprint density at radius 2 is 1.76 bits per heavy atom. The normalized spacial score (nSPS) is 16.3. The first-order chi connectivity index (χ1) is 12.1. The summed E-state index contributed by atoms with van der Waals surface area (Å²) in [5.74, 6) is -0.371. The molecule has 128 valence electrons. The van der Waals surface area contributed by atoms with Crippen molar-refractivity contribution in [3.05, 3.63) is 64.0 Å². The molecule has 25 heavy (non-hydrogen) atoms. The van der Waals surface area contributed by atoms with Gasteiger partial charge in [0, 0.05) is 12.6 Å². The molecule has 0 amide bonds. The number of pyridine rings is 1. The van der Waals surface area contributed by atoms with Crippen LogP contribution < -0.4 is 0 Å². The van der Waals surface area contributed by atoms with E-state index >= 15 is 0 Å². The zero-order valence-electron chi connectivity index (χ0n) is 14.1. The van der Waals surface area contributed by atoms with Crippen LogP contribution in [0.15, 0.2) is 30.5 Å². The van der Waals surface area contributed by atoms with E-state index in [1.165, 1.54) is 55.1 Å². The van der Waals surface area contributed by atoms with Gasteiger partial charge in [-0.15, -0.1) is 0 Å². The molecule has 0 radical (unpaired) electrons. The van der Waals surface area contributed by atoms with Crippen LogP contribution in [0, 0.1) is 0 Å². The summed E-state index contributed by atoms with van der Waals surface area (Å²) in [6.07, 6.45) is 8.90. The van der Waals surface area contributed by atoms with Crippen molar-refractivity contribution in [1.82, 2.24) is 4.98 Å². The fraction of sp³-hybridized carbons (Fsp3) is 0.381. The molecule has 2 aliphatic rings. The van der Waals surface area contributed by atoms with Gasteiger partial charge in [0.15, 0.2) is 5.78 Å². The summed E-state index contributed by atoms with van der Waals surface area (Å²) in [5, 5.41) is 8.92. The molecule has 1 heterocycles. The lowest BCUT2D eigenvalue weighted by atomic mass is 9.73. The van der Waals surface area contributed by atoms with Crippen LogP contribution >= 0.6 is 0 Å². The van der Waals surface area contributed by atoms with E-state index in [-0.39, 0.29) is 11.3 Å². The smallest absolute Gasteiger partial charge is 0.337 e. The number of carbonyl (C=O) groups excluding carboxylic acids is 1. The van der Waals surface area contributed by atoms with E-state index in [4.69, 9.17) is 5.11 Å². The molecular weight excluding hydrogens is 314 g/mol. The van der Waals surface area contributed by atoms with Crippen LogP contribution in [-0.2, 0) is 19.3 Å². The third-order valence-electron chi connectivity index (χ3n) is 5.48. The second kappa shape index (κ2) is 6.43. The van der Waals surface area contributed by atoms with E-state index in [0.29, 0.717) is 12.1 Å². The maximum atomic E-state index is 12.5. The van der Waals surface area contributed by atoms with Gasteiger partial charge in [-0.05, 0) is 78.8 Å². The van der Waals surface area contributed by atoms with Crippen LogP contribution in [-0.4, -0.2) is 21.8 Å². The molecule has 0 unspecified atom stereocenters. The average Bonchev–Trinajstić information content (AvgIpc) is 2.62. The quantitative estimate of drug-likeness (QED) is 0.859. The summed E-state index contributed by atoms with van der Waals surface area (Å²) < 4.78 is 0. The summed E-state index contributed by atoms with van der Waals surface area (Å²) in [4.78, 5) is 27.4. The van der Waals surface area contributed by atoms with E-state index in [1.807, 2.05) is 0 Å². The largest absolute Gasteiger partial charge is 0.478 e. The molecule has 0 saturated heterocycles. The van der Waals surface area contributed by atoms with Crippen LogP contribution in [0.3, 0.4) is 0 Å². The Bertz CT molecular complexity index is 808. The van der Waals surface area contributed by atoms with Crippen molar-refractivity contribution in [2.24, 2.45) is 0 Å². The average molecular weight is 335 g/mol. The van der Waals surface area contributed by atoms with E-state index < -0.39 is 5.97 Å². The Morgan fingerprint density at radius 1 is 1.08 bits per heavy atom. The molecule has 0 saturated carbocycles. The molecule has 1 N–H and O–H groups in total. The van der Waals surface area contributed by atoms with Gasteiger partial charge in [0.2, 0.25) is 0 Å². The lowest BCUT2D eigenvalue weighted by molar-refractivity contribution is 0.0695. The molecule has 2 aliphatic carbocycles. The number of nitrogens with zero attached hydrogens (tertiary/aromatic N) is 1. The van der Waals surface area contributed by atoms with Crippen molar-refractivity contribution < 1.29 is 14.7 Å². The number of rotatable bonds is 4. The molecule has 2 aromatic rings. The van der Waals surface area contributed by atoms with Gasteiger partial charge in [0.05, 0.1) is 5.56 Å². The number of carbonyl (C=O) groups is 2. The SMILES string of the molecule is O=C(O)c1ccc(C(=O)Cc2cc3c4c(c2)CCCC4CCC3)nc1. The van der Waals surface area contributed by atoms with Crippen LogP contribution in [0.1, 0.15) is 74.7 Å². The Morgan fingerprint density at radius 3 is 2.32 bits per heavy atom. The van der Waals surface area contributed by atoms with Crippen molar-refractivity contribution in [2.45, 2.75) is 50.9 Å². The van der Waals surface area contributed by atoms with Crippen LogP contribution in [0.2, 0.25) is 0 Å². The van der Waals surface area contributed by atoms with Gasteiger partial charge >= 0.3 is 5.97 Å². The fourth-order valence-electron chi connectivity index (χ4n) is 4.36. The Hall–Kier alpha value is -2.49. The fourth-order valence-corrected chi connectivity index (χ4v) is 4.36. The standard InChI is InChI=1S/C21H21NO3/c23-19(18-8-7-17(12-22-18)21(24)25)11-13-9-15-5-1-3-14-4-2-6-16(10-13)20(14)15/h7-10,12,14H,1-6,11H2,(H,24,25). The number of carboxylic acids is 1. The van der Waals surface area contributed by atoms with Crippen molar-refractivity contribution >= 4 is 11.8 Å². The first-order valence-electron chi connectivity index (χ1n) is 8.99. The third kappa shape index (κ3) is 3.09. The van der Waals surface area contributed by atoms with Crippen molar-refractivity contribution in [3.63, 3.8) is 0 Å². The predicted octanol–water partition coefficient (Wildman–Crippen LogP) is 3.96. The summed E-state index contributed by atoms with van der Waals surface area (Å²) in [5.41, 5.74) is 5.92. The minimum Gasteiger partial charge on any atom is -0.478 e. The lowest BCUT2D eigenvalue weighted by Crippen LogP contribution is -2.18. The zero-order chi connectivity index (χ0) is 17.4. The zero-order valence-corrected chi connectivity index (χ0v) is 14.1. The highest BCUT2D eigenvalue weighted by atomic mass is 16.4. The van der Waals surface area contributed by atoms with Gasteiger partial charge < -0.3 is 5.11 Å². The summed E-state index contributed by atoms with van der Waals surface area (Å²) in [6.45, 7) is 0. The van der Waals surface area contributed by atoms with E-state index in [9.17, 15) is 9.59 Å². The number of ketones is 1. The molecule has 4 rings (SSSR count). The highest BCUT2D eigenvalue weighted by Crippen LogP contribution is 2.41. The number of aromatic carboxylic acids is 1. The molecule has 0 atom stereocenters. The molecule has 4 heteroatoms. The van der Waals surface area contributed by atoms with Crippen LogP contribution in [0.25, 0.3) is 0 Å². The first-order valence-corrected chi connectivity index (χ1v) is 8.99. The number of aryl methyl sites for hydroxylation is 2. The molecule has 0 bridgehead atoms. The van der Waals surface area contributed by atoms with Crippen LogP contribution in [0.4, 0.5) is 0 Å². The summed E-state index contributed by atoms with van der Waals surface area (Å²) in [6, 6.07) is 7.35. The van der Waals surface area contributed by atoms with E-state index in [0.717, 1.165) is 24.3 Å². The summed E-state index contributed by atoms with van der Waals surface area (Å²) in [7, 11) is 0. The van der Waals surface area contributed by atoms with Crippen molar-refractivity contribution in [2.75, 3.05) is 0 Å². The van der Waals surface area contributed by atoms with Gasteiger partial charge in [0.1, 0.15) is 5.69 Å². The van der Waals surface area contributed by atoms with Crippen molar-refractivity contribution in [1.29, 1.82) is 0 Å². The van der Waals surface area contributed by atoms with E-state index in [2.05, 4.69) is 17.1 Å². The number of Topliss-reactive ketones (excluding diaryl/α,β-unsaturated/α-hetero) is 1. The second-order valence-electron chi connectivity index (χ2n) is 7.15. The molecular formula is C21H21NO3. The second-order valence-corrected chi connectivity index (χ2v) is 7.15. The Kier molecular flexibility index (Phi) is 4.12. The Balaban J connectivity index is 1.58. The third-order valence-corrected chi connectivity index (χ3v) is 5.48. The highest BCUT2D eigenvalue weighted by Gasteiger charge is 2.27. The molecule has 0 spiro atoms. The molecule has 0 fully saturated rings. The number of benzene rings is 1. The minimum atomic E-state index is -1.03. The van der Waals surface area contributed by atoms with Gasteiger partial charge in [0.25, 0.3) is 0 Å².